The van der Waals surface area contributed by atoms with Crippen molar-refractivity contribution < 1.29 is 4.79 Å². The second-order valence-electron chi connectivity index (χ2n) is 4.60. The largest absolute Gasteiger partial charge is 0.341 e. The van der Waals surface area contributed by atoms with E-state index in [1.54, 1.807) is 4.90 Å². The van der Waals surface area contributed by atoms with Crippen molar-refractivity contribution in [3.63, 3.8) is 0 Å². The Labute approximate surface area is 104 Å². The van der Waals surface area contributed by atoms with Crippen molar-refractivity contribution in [2.45, 2.75) is 26.8 Å². The Balaban J connectivity index is 2.63. The highest BCUT2D eigenvalue weighted by molar-refractivity contribution is 5.78. The number of carbonyl (C=O) groups excluding carboxylic acids is 1. The first-order valence-electron chi connectivity index (χ1n) is 6.05. The van der Waals surface area contributed by atoms with Crippen LogP contribution in [0.2, 0.25) is 0 Å². The molecule has 0 spiro atoms. The lowest BCUT2D eigenvalue weighted by Gasteiger charge is -2.22. The number of aryl methyl sites for hydroxylation is 1. The third-order valence-corrected chi connectivity index (χ3v) is 3.07. The van der Waals surface area contributed by atoms with E-state index in [0.29, 0.717) is 13.1 Å². The van der Waals surface area contributed by atoms with Crippen LogP contribution in [0.3, 0.4) is 0 Å². The fraction of sp³-hybridized carbons (Fsp3) is 0.500. The van der Waals surface area contributed by atoms with Crippen LogP contribution in [0, 0.1) is 12.8 Å². The molecule has 94 valence electrons. The smallest absolute Gasteiger partial charge is 0.225 e. The van der Waals surface area contributed by atoms with Gasteiger partial charge < -0.3 is 10.6 Å². The van der Waals surface area contributed by atoms with E-state index in [1.165, 1.54) is 11.1 Å². The first kappa shape index (κ1) is 13.7. The Morgan fingerprint density at radius 1 is 1.41 bits per heavy atom. The van der Waals surface area contributed by atoms with Crippen molar-refractivity contribution in [2.24, 2.45) is 11.7 Å². The summed E-state index contributed by atoms with van der Waals surface area (Å²) in [6.45, 7) is 5.23. The SMILES string of the molecule is Cc1ccccc1CN(C)C(=O)C(C)CCN. The fourth-order valence-electron chi connectivity index (χ4n) is 1.87. The van der Waals surface area contributed by atoms with Gasteiger partial charge in [0, 0.05) is 19.5 Å². The minimum Gasteiger partial charge on any atom is -0.341 e. The maximum absolute atomic E-state index is 12.0. The number of amides is 1. The molecule has 0 aliphatic carbocycles. The highest BCUT2D eigenvalue weighted by Gasteiger charge is 2.17. The molecular weight excluding hydrogens is 212 g/mol. The molecule has 0 aromatic heterocycles. The van der Waals surface area contributed by atoms with Crippen LogP contribution in [0.15, 0.2) is 24.3 Å². The molecule has 0 radical (unpaired) electrons. The molecule has 0 aliphatic heterocycles. The van der Waals surface area contributed by atoms with Crippen LogP contribution in [0.1, 0.15) is 24.5 Å². The van der Waals surface area contributed by atoms with Crippen LogP contribution in [-0.2, 0) is 11.3 Å². The van der Waals surface area contributed by atoms with Gasteiger partial charge >= 0.3 is 0 Å². The molecule has 3 nitrogen and oxygen atoms in total. The number of nitrogens with zero attached hydrogens (tertiary/aromatic N) is 1. The number of hydrogen-bond donors (Lipinski definition) is 1. The quantitative estimate of drug-likeness (QED) is 0.846. The van der Waals surface area contributed by atoms with E-state index in [2.05, 4.69) is 19.1 Å². The van der Waals surface area contributed by atoms with Gasteiger partial charge in [0.05, 0.1) is 0 Å². The standard InChI is InChI=1S/C14H22N2O/c1-11-6-4-5-7-13(11)10-16(3)14(17)12(2)8-9-15/h4-7,12H,8-10,15H2,1-3H3. The first-order chi connectivity index (χ1) is 8.06. The van der Waals surface area contributed by atoms with Crippen molar-refractivity contribution in [3.8, 4) is 0 Å². The zero-order valence-electron chi connectivity index (χ0n) is 10.9. The Hall–Kier alpha value is -1.35. The maximum Gasteiger partial charge on any atom is 0.225 e. The van der Waals surface area contributed by atoms with Crippen LogP contribution >= 0.6 is 0 Å². The van der Waals surface area contributed by atoms with Gasteiger partial charge in [-0.15, -0.1) is 0 Å². The molecule has 1 amide bonds. The zero-order valence-corrected chi connectivity index (χ0v) is 10.9. The first-order valence-corrected chi connectivity index (χ1v) is 6.05. The van der Waals surface area contributed by atoms with Crippen LogP contribution in [0.5, 0.6) is 0 Å². The predicted molar refractivity (Wildman–Crippen MR) is 70.5 cm³/mol. The Bertz CT molecular complexity index is 376. The Morgan fingerprint density at radius 2 is 2.06 bits per heavy atom. The molecule has 0 saturated carbocycles. The molecular formula is C14H22N2O. The van der Waals surface area contributed by atoms with Gasteiger partial charge in [-0.25, -0.2) is 0 Å². The van der Waals surface area contributed by atoms with Gasteiger partial charge in [-0.1, -0.05) is 31.2 Å². The lowest BCUT2D eigenvalue weighted by atomic mass is 10.1. The van der Waals surface area contributed by atoms with Gasteiger partial charge in [-0.3, -0.25) is 4.79 Å². The van der Waals surface area contributed by atoms with E-state index < -0.39 is 0 Å². The summed E-state index contributed by atoms with van der Waals surface area (Å²) < 4.78 is 0. The molecule has 0 fully saturated rings. The van der Waals surface area contributed by atoms with E-state index in [1.807, 2.05) is 26.1 Å². The van der Waals surface area contributed by atoms with Crippen molar-refractivity contribution in [2.75, 3.05) is 13.6 Å². The molecule has 1 aromatic rings. The predicted octanol–water partition coefficient (Wildman–Crippen LogP) is 1.94. The van der Waals surface area contributed by atoms with E-state index >= 15 is 0 Å². The monoisotopic (exact) mass is 234 g/mol. The third-order valence-electron chi connectivity index (χ3n) is 3.07. The fourth-order valence-corrected chi connectivity index (χ4v) is 1.87. The van der Waals surface area contributed by atoms with Gasteiger partial charge in [0.2, 0.25) is 5.91 Å². The summed E-state index contributed by atoms with van der Waals surface area (Å²) in [5.74, 6) is 0.174. The maximum atomic E-state index is 12.0. The number of nitrogens with two attached hydrogens (primary N) is 1. The highest BCUT2D eigenvalue weighted by Crippen LogP contribution is 2.12. The number of hydrogen-bond acceptors (Lipinski definition) is 2. The minimum atomic E-state index is 0.00835. The molecule has 0 aliphatic rings. The average molecular weight is 234 g/mol. The highest BCUT2D eigenvalue weighted by atomic mass is 16.2. The summed E-state index contributed by atoms with van der Waals surface area (Å²) in [5, 5.41) is 0. The van der Waals surface area contributed by atoms with Crippen LogP contribution in [-0.4, -0.2) is 24.4 Å². The second kappa shape index (κ2) is 6.40. The molecule has 3 heteroatoms. The van der Waals surface area contributed by atoms with Crippen molar-refractivity contribution in [3.05, 3.63) is 35.4 Å². The lowest BCUT2D eigenvalue weighted by Crippen LogP contribution is -2.32. The molecule has 17 heavy (non-hydrogen) atoms. The van der Waals surface area contributed by atoms with Crippen molar-refractivity contribution in [1.29, 1.82) is 0 Å². The Kier molecular flexibility index (Phi) is 5.16. The number of benzene rings is 1. The van der Waals surface area contributed by atoms with Gasteiger partial charge in [0.15, 0.2) is 0 Å². The molecule has 1 aromatic carbocycles. The van der Waals surface area contributed by atoms with E-state index in [9.17, 15) is 4.79 Å². The molecule has 1 rings (SSSR count). The summed E-state index contributed by atoms with van der Waals surface area (Å²) in [5.41, 5.74) is 7.89. The van der Waals surface area contributed by atoms with Crippen molar-refractivity contribution in [1.82, 2.24) is 4.90 Å². The molecule has 0 heterocycles. The van der Waals surface area contributed by atoms with Gasteiger partial charge in [-0.2, -0.15) is 0 Å². The number of rotatable bonds is 5. The number of carbonyl (C=O) groups is 1. The van der Waals surface area contributed by atoms with Crippen LogP contribution in [0.4, 0.5) is 0 Å². The van der Waals surface area contributed by atoms with Gasteiger partial charge in [0.25, 0.3) is 0 Å². The molecule has 0 bridgehead atoms. The normalized spacial score (nSPS) is 12.2. The van der Waals surface area contributed by atoms with E-state index in [0.717, 1.165) is 6.42 Å². The van der Waals surface area contributed by atoms with E-state index in [4.69, 9.17) is 5.73 Å². The summed E-state index contributed by atoms with van der Waals surface area (Å²) in [7, 11) is 1.85. The zero-order chi connectivity index (χ0) is 12.8. The van der Waals surface area contributed by atoms with E-state index in [-0.39, 0.29) is 11.8 Å². The van der Waals surface area contributed by atoms with Crippen LogP contribution in [0.25, 0.3) is 0 Å². The summed E-state index contributed by atoms with van der Waals surface area (Å²) >= 11 is 0. The molecule has 0 saturated heterocycles. The van der Waals surface area contributed by atoms with Gasteiger partial charge in [-0.05, 0) is 31.0 Å². The molecule has 2 N–H and O–H groups in total. The average Bonchev–Trinajstić information content (AvgIpc) is 2.31. The van der Waals surface area contributed by atoms with Gasteiger partial charge in [0.1, 0.15) is 0 Å². The van der Waals surface area contributed by atoms with Crippen LogP contribution < -0.4 is 5.73 Å². The Morgan fingerprint density at radius 3 is 2.65 bits per heavy atom. The lowest BCUT2D eigenvalue weighted by molar-refractivity contribution is -0.134. The third kappa shape index (κ3) is 3.86. The summed E-state index contributed by atoms with van der Waals surface area (Å²) in [6, 6.07) is 8.14. The molecule has 1 atom stereocenters. The summed E-state index contributed by atoms with van der Waals surface area (Å²) in [6.07, 6.45) is 0.747. The van der Waals surface area contributed by atoms with Crippen molar-refractivity contribution >= 4 is 5.91 Å². The summed E-state index contributed by atoms with van der Waals surface area (Å²) in [4.78, 5) is 13.8. The topological polar surface area (TPSA) is 46.3 Å². The molecule has 1 unspecified atom stereocenters. The second-order valence-corrected chi connectivity index (χ2v) is 4.60. The minimum absolute atomic E-state index is 0.00835.